The van der Waals surface area contributed by atoms with E-state index < -0.39 is 28.5 Å². The molecule has 0 aliphatic carbocycles. The van der Waals surface area contributed by atoms with Crippen LogP contribution in [0, 0.1) is 0 Å². The maximum atomic E-state index is 14.1. The number of hydrogen-bond donors (Lipinski definition) is 1. The average molecular weight is 645 g/mol. The Morgan fingerprint density at radius 3 is 2.02 bits per heavy atom. The highest BCUT2D eigenvalue weighted by molar-refractivity contribution is 7.92. The van der Waals surface area contributed by atoms with E-state index in [9.17, 15) is 18.0 Å². The Morgan fingerprint density at radius 2 is 1.48 bits per heavy atom. The van der Waals surface area contributed by atoms with Crippen LogP contribution in [0.15, 0.2) is 71.6 Å². The van der Waals surface area contributed by atoms with Gasteiger partial charge >= 0.3 is 0 Å². The second kappa shape index (κ2) is 13.9. The van der Waals surface area contributed by atoms with Crippen molar-refractivity contribution in [3.05, 3.63) is 92.4 Å². The van der Waals surface area contributed by atoms with Gasteiger partial charge in [0.1, 0.15) is 12.6 Å². The molecule has 12 heteroatoms. The Balaban J connectivity index is 2.11. The van der Waals surface area contributed by atoms with Crippen LogP contribution < -0.4 is 9.62 Å². The second-order valence-electron chi connectivity index (χ2n) is 9.25. The van der Waals surface area contributed by atoms with Crippen LogP contribution in [0.3, 0.4) is 0 Å². The molecule has 0 unspecified atom stereocenters. The fourth-order valence-electron chi connectivity index (χ4n) is 4.05. The predicted octanol–water partition coefficient (Wildman–Crippen LogP) is 6.83. The number of carbonyl (C=O) groups excluding carboxylic acids is 2. The zero-order valence-corrected chi connectivity index (χ0v) is 25.9. The minimum atomic E-state index is -4.26. The smallest absolute Gasteiger partial charge is 0.264 e. The SMILES string of the molecule is CC[C@H](C(=O)NC(C)C)N(Cc1c(Cl)cccc1Cl)C(=O)CN(c1cccc(Cl)c1)S(=O)(=O)c1ccc(Cl)cc1. The molecule has 2 amide bonds. The Labute approximate surface area is 255 Å². The summed E-state index contributed by atoms with van der Waals surface area (Å²) in [4.78, 5) is 28.5. The lowest BCUT2D eigenvalue weighted by atomic mass is 10.1. The van der Waals surface area contributed by atoms with Crippen molar-refractivity contribution in [3.8, 4) is 0 Å². The van der Waals surface area contributed by atoms with Crippen molar-refractivity contribution in [2.24, 2.45) is 0 Å². The third-order valence-corrected chi connectivity index (χ3v) is 8.97. The second-order valence-corrected chi connectivity index (χ2v) is 12.8. The molecule has 0 saturated heterocycles. The normalized spacial score (nSPS) is 12.2. The lowest BCUT2D eigenvalue weighted by Gasteiger charge is -2.34. The Kier molecular flexibility index (Phi) is 11.1. The van der Waals surface area contributed by atoms with Gasteiger partial charge in [-0.3, -0.25) is 13.9 Å². The van der Waals surface area contributed by atoms with Crippen LogP contribution in [0.25, 0.3) is 0 Å². The predicted molar refractivity (Wildman–Crippen MR) is 162 cm³/mol. The van der Waals surface area contributed by atoms with E-state index in [1.807, 2.05) is 0 Å². The van der Waals surface area contributed by atoms with Gasteiger partial charge in [0.15, 0.2) is 0 Å². The topological polar surface area (TPSA) is 86.8 Å². The first-order valence-electron chi connectivity index (χ1n) is 12.4. The number of sulfonamides is 1. The van der Waals surface area contributed by atoms with E-state index in [2.05, 4.69) is 5.32 Å². The Hall–Kier alpha value is -2.49. The lowest BCUT2D eigenvalue weighted by Crippen LogP contribution is -2.53. The monoisotopic (exact) mass is 643 g/mol. The first kappa shape index (κ1) is 32.0. The summed E-state index contributed by atoms with van der Waals surface area (Å²) in [5.41, 5.74) is 0.607. The van der Waals surface area contributed by atoms with Crippen LogP contribution in [0.4, 0.5) is 5.69 Å². The molecule has 0 aliphatic heterocycles. The summed E-state index contributed by atoms with van der Waals surface area (Å²) >= 11 is 25.0. The maximum absolute atomic E-state index is 14.1. The molecule has 0 heterocycles. The van der Waals surface area contributed by atoms with Gasteiger partial charge in [0.2, 0.25) is 11.8 Å². The summed E-state index contributed by atoms with van der Waals surface area (Å²) < 4.78 is 28.6. The zero-order valence-electron chi connectivity index (χ0n) is 22.1. The van der Waals surface area contributed by atoms with Gasteiger partial charge in [-0.25, -0.2) is 8.42 Å². The summed E-state index contributed by atoms with van der Waals surface area (Å²) in [6.07, 6.45) is 0.257. The zero-order chi connectivity index (χ0) is 29.6. The van der Waals surface area contributed by atoms with Crippen LogP contribution >= 0.6 is 46.4 Å². The fourth-order valence-corrected chi connectivity index (χ4v) is 6.28. The summed E-state index contributed by atoms with van der Waals surface area (Å²) in [5, 5.41) is 4.09. The van der Waals surface area contributed by atoms with Crippen molar-refractivity contribution in [1.82, 2.24) is 10.2 Å². The number of rotatable bonds is 11. The average Bonchev–Trinajstić information content (AvgIpc) is 2.88. The van der Waals surface area contributed by atoms with Crippen LogP contribution in [-0.4, -0.2) is 43.8 Å². The number of carbonyl (C=O) groups is 2. The van der Waals surface area contributed by atoms with E-state index >= 15 is 0 Å². The van der Waals surface area contributed by atoms with Crippen LogP contribution in [0.2, 0.25) is 20.1 Å². The molecule has 214 valence electrons. The Bertz CT molecular complexity index is 1450. The van der Waals surface area contributed by atoms with Crippen molar-refractivity contribution in [2.75, 3.05) is 10.8 Å². The molecule has 40 heavy (non-hydrogen) atoms. The number of halogens is 4. The van der Waals surface area contributed by atoms with E-state index in [1.165, 1.54) is 41.3 Å². The van der Waals surface area contributed by atoms with Crippen molar-refractivity contribution in [3.63, 3.8) is 0 Å². The van der Waals surface area contributed by atoms with Gasteiger partial charge in [0.25, 0.3) is 10.0 Å². The highest BCUT2D eigenvalue weighted by Crippen LogP contribution is 2.30. The van der Waals surface area contributed by atoms with Gasteiger partial charge in [-0.05, 0) is 74.9 Å². The standard InChI is InChI=1S/C28H29Cl4N3O4S/c1-4-26(28(37)33-18(2)3)34(16-23-24(31)9-6-10-25(23)32)27(36)17-35(21-8-5-7-20(30)15-21)40(38,39)22-13-11-19(29)12-14-22/h5-15,18,26H,4,16-17H2,1-3H3,(H,33,37)/t26-/m1/s1. The molecule has 0 bridgehead atoms. The van der Waals surface area contributed by atoms with Gasteiger partial charge in [-0.2, -0.15) is 0 Å². The minimum absolute atomic E-state index is 0.0741. The van der Waals surface area contributed by atoms with Crippen LogP contribution in [-0.2, 0) is 26.2 Å². The molecule has 0 radical (unpaired) electrons. The van der Waals surface area contributed by atoms with Crippen molar-refractivity contribution >= 4 is 73.9 Å². The van der Waals surface area contributed by atoms with Gasteiger partial charge in [0.05, 0.1) is 10.6 Å². The van der Waals surface area contributed by atoms with E-state index in [1.54, 1.807) is 51.1 Å². The van der Waals surface area contributed by atoms with Crippen LogP contribution in [0.5, 0.6) is 0 Å². The summed E-state index contributed by atoms with van der Waals surface area (Å²) in [6.45, 7) is 4.63. The minimum Gasteiger partial charge on any atom is -0.352 e. The fraction of sp³-hybridized carbons (Fsp3) is 0.286. The van der Waals surface area contributed by atoms with Crippen molar-refractivity contribution < 1.29 is 18.0 Å². The molecule has 0 aromatic heterocycles. The van der Waals surface area contributed by atoms with Crippen molar-refractivity contribution in [2.45, 2.75) is 50.7 Å². The third kappa shape index (κ3) is 7.83. The molecule has 3 rings (SSSR count). The molecule has 0 spiro atoms. The number of hydrogen-bond acceptors (Lipinski definition) is 4. The largest absolute Gasteiger partial charge is 0.352 e. The highest BCUT2D eigenvalue weighted by atomic mass is 35.5. The molecule has 7 nitrogen and oxygen atoms in total. The van der Waals surface area contributed by atoms with Crippen molar-refractivity contribution in [1.29, 1.82) is 0 Å². The van der Waals surface area contributed by atoms with Gasteiger partial charge in [0, 0.05) is 38.2 Å². The molecule has 0 aliphatic rings. The molecular formula is C28H29Cl4N3O4S. The summed E-state index contributed by atoms with van der Waals surface area (Å²) in [6, 6.07) is 15.6. The molecule has 0 fully saturated rings. The van der Waals surface area contributed by atoms with E-state index in [-0.39, 0.29) is 40.5 Å². The summed E-state index contributed by atoms with van der Waals surface area (Å²) in [5.74, 6) is -1.02. The number of benzene rings is 3. The Morgan fingerprint density at radius 1 is 0.875 bits per heavy atom. The molecule has 1 atom stereocenters. The first-order chi connectivity index (χ1) is 18.8. The highest BCUT2D eigenvalue weighted by Gasteiger charge is 2.34. The maximum Gasteiger partial charge on any atom is 0.264 e. The molecule has 1 N–H and O–H groups in total. The van der Waals surface area contributed by atoms with E-state index in [4.69, 9.17) is 46.4 Å². The molecular weight excluding hydrogens is 616 g/mol. The molecule has 3 aromatic rings. The number of anilines is 1. The van der Waals surface area contributed by atoms with Crippen LogP contribution in [0.1, 0.15) is 32.8 Å². The third-order valence-electron chi connectivity index (χ3n) is 5.98. The lowest BCUT2D eigenvalue weighted by molar-refractivity contribution is -0.140. The van der Waals surface area contributed by atoms with E-state index in [0.717, 1.165) is 4.31 Å². The quantitative estimate of drug-likeness (QED) is 0.248. The summed E-state index contributed by atoms with van der Waals surface area (Å²) in [7, 11) is -4.26. The van der Waals surface area contributed by atoms with Gasteiger partial charge in [-0.15, -0.1) is 0 Å². The number of amides is 2. The van der Waals surface area contributed by atoms with E-state index in [0.29, 0.717) is 20.6 Å². The van der Waals surface area contributed by atoms with Gasteiger partial charge in [-0.1, -0.05) is 65.5 Å². The van der Waals surface area contributed by atoms with Gasteiger partial charge < -0.3 is 10.2 Å². The molecule has 3 aromatic carbocycles. The molecule has 0 saturated carbocycles. The first-order valence-corrected chi connectivity index (χ1v) is 15.4. The number of nitrogens with zero attached hydrogens (tertiary/aromatic N) is 2. The number of nitrogens with one attached hydrogen (secondary N) is 1.